The van der Waals surface area contributed by atoms with Crippen LogP contribution in [0.4, 0.5) is 9.59 Å². The molecule has 0 atom stereocenters. The molecule has 1 aromatic carbocycles. The smallest absolute Gasteiger partial charge is 0.408 e. The molecule has 0 unspecified atom stereocenters. The topological polar surface area (TPSA) is 135 Å². The van der Waals surface area contributed by atoms with E-state index in [1.807, 2.05) is 42.5 Å². The summed E-state index contributed by atoms with van der Waals surface area (Å²) in [7, 11) is 0. The van der Waals surface area contributed by atoms with Gasteiger partial charge in [-0.3, -0.25) is 9.59 Å². The summed E-state index contributed by atoms with van der Waals surface area (Å²) in [5.74, 6) is -0.818. The highest BCUT2D eigenvalue weighted by Crippen LogP contribution is 2.03. The minimum Gasteiger partial charge on any atom is -0.445 e. The molecular weight excluding hydrogens is 452 g/mol. The van der Waals surface area contributed by atoms with Crippen molar-refractivity contribution in [2.75, 3.05) is 32.8 Å². The van der Waals surface area contributed by atoms with Crippen LogP contribution < -0.4 is 21.3 Å². The number of rotatable bonds is 14. The molecule has 10 heteroatoms. The van der Waals surface area contributed by atoms with Crippen LogP contribution in [0, 0.1) is 6.08 Å². The van der Waals surface area contributed by atoms with Crippen molar-refractivity contribution in [3.05, 3.63) is 71.8 Å². The Morgan fingerprint density at radius 3 is 1.89 bits per heavy atom. The largest absolute Gasteiger partial charge is 0.445 e. The predicted octanol–water partition coefficient (Wildman–Crippen LogP) is 1.90. The van der Waals surface area contributed by atoms with E-state index in [4.69, 9.17) is 9.47 Å². The van der Waals surface area contributed by atoms with Gasteiger partial charge in [-0.25, -0.2) is 9.59 Å². The fourth-order valence-electron chi connectivity index (χ4n) is 2.78. The van der Waals surface area contributed by atoms with Gasteiger partial charge in [0.25, 0.3) is 0 Å². The summed E-state index contributed by atoms with van der Waals surface area (Å²) < 4.78 is 10.2. The lowest BCUT2D eigenvalue weighted by Gasteiger charge is -2.09. The molecule has 0 saturated heterocycles. The Bertz CT molecular complexity index is 927. The lowest BCUT2D eigenvalue weighted by Crippen LogP contribution is -2.35. The molecule has 35 heavy (non-hydrogen) atoms. The Balaban J connectivity index is 1.40. The van der Waals surface area contributed by atoms with Gasteiger partial charge in [-0.15, -0.1) is 0 Å². The Morgan fingerprint density at radius 2 is 1.31 bits per heavy atom. The molecule has 0 heterocycles. The van der Waals surface area contributed by atoms with E-state index in [-0.39, 0.29) is 19.6 Å². The lowest BCUT2D eigenvalue weighted by atomic mass is 10.2. The maximum absolute atomic E-state index is 11.8. The van der Waals surface area contributed by atoms with Crippen LogP contribution in [0.2, 0.25) is 0 Å². The van der Waals surface area contributed by atoms with E-state index in [0.29, 0.717) is 39.0 Å². The van der Waals surface area contributed by atoms with Crippen molar-refractivity contribution in [2.45, 2.75) is 25.9 Å². The van der Waals surface area contributed by atoms with Gasteiger partial charge in [0.05, 0.1) is 11.6 Å². The van der Waals surface area contributed by atoms with E-state index in [2.05, 4.69) is 27.3 Å². The summed E-state index contributed by atoms with van der Waals surface area (Å²) >= 11 is 0. The van der Waals surface area contributed by atoms with Crippen molar-refractivity contribution in [3.8, 4) is 0 Å². The zero-order valence-electron chi connectivity index (χ0n) is 19.5. The summed E-state index contributed by atoms with van der Waals surface area (Å²) in [6.45, 7) is 1.63. The molecule has 0 aromatic heterocycles. The molecule has 0 aliphatic heterocycles. The number of benzene rings is 1. The van der Waals surface area contributed by atoms with Gasteiger partial charge in [0.2, 0.25) is 11.8 Å². The number of alkyl carbamates (subject to hydrolysis) is 2. The first-order valence-corrected chi connectivity index (χ1v) is 11.4. The van der Waals surface area contributed by atoms with Crippen LogP contribution >= 0.6 is 0 Å². The van der Waals surface area contributed by atoms with Gasteiger partial charge in [0, 0.05) is 38.3 Å². The van der Waals surface area contributed by atoms with Crippen LogP contribution in [-0.2, 0) is 25.7 Å². The number of nitrogens with one attached hydrogen (secondary N) is 4. The standard InChI is InChI=1S/C25H30N4O6/c30-22(26-13-7-15-28-24(32)34-18-20-9-3-1-4-10-20)17-23(31)27-14-8-16-29-25(33)35-19-21-11-5-2-6-12-21/h1-5,9-12H,7-8,13-19H2,(H3-,26,27,28,29,30,31,32,33)/p+1. The average molecular weight is 484 g/mol. The van der Waals surface area contributed by atoms with Gasteiger partial charge < -0.3 is 30.7 Å². The van der Waals surface area contributed by atoms with Crippen LogP contribution in [0.1, 0.15) is 24.8 Å². The van der Waals surface area contributed by atoms with Crippen molar-refractivity contribution in [2.24, 2.45) is 0 Å². The highest BCUT2D eigenvalue weighted by molar-refractivity contribution is 5.96. The van der Waals surface area contributed by atoms with E-state index in [0.717, 1.165) is 11.1 Å². The number of ether oxygens (including phenoxy) is 2. The third-order valence-electron chi connectivity index (χ3n) is 4.57. The molecule has 2 rings (SSSR count). The Hall–Kier alpha value is -4.17. The summed E-state index contributed by atoms with van der Waals surface area (Å²) in [6.07, 6.45) is 9.65. The van der Waals surface area contributed by atoms with E-state index in [1.54, 1.807) is 12.2 Å². The van der Waals surface area contributed by atoms with Crippen LogP contribution in [0.3, 0.4) is 0 Å². The molecule has 186 valence electrons. The molecule has 4 amide bonds. The molecule has 4 N–H and O–H groups in total. The number of hydrogen-bond acceptors (Lipinski definition) is 6. The molecule has 0 saturated carbocycles. The van der Waals surface area contributed by atoms with Crippen molar-refractivity contribution in [1.82, 2.24) is 21.3 Å². The first kappa shape index (κ1) is 27.1. The monoisotopic (exact) mass is 483 g/mol. The highest BCUT2D eigenvalue weighted by Gasteiger charge is 2.10. The zero-order chi connectivity index (χ0) is 25.1. The Labute approximate surface area is 204 Å². The van der Waals surface area contributed by atoms with Gasteiger partial charge in [0.15, 0.2) is 6.61 Å². The lowest BCUT2D eigenvalue weighted by molar-refractivity contribution is -0.129. The fourth-order valence-corrected chi connectivity index (χ4v) is 2.78. The molecule has 0 fully saturated rings. The normalized spacial score (nSPS) is 11.5. The third kappa shape index (κ3) is 13.2. The van der Waals surface area contributed by atoms with Gasteiger partial charge in [-0.1, -0.05) is 30.3 Å². The van der Waals surface area contributed by atoms with Gasteiger partial charge in [0.1, 0.15) is 25.2 Å². The number of hydrogen-bond donors (Lipinski definition) is 4. The molecule has 0 radical (unpaired) electrons. The van der Waals surface area contributed by atoms with Crippen molar-refractivity contribution < 1.29 is 28.7 Å². The number of carbonyl (C=O) groups is 4. The van der Waals surface area contributed by atoms with Crippen LogP contribution in [-0.4, -0.2) is 56.8 Å². The van der Waals surface area contributed by atoms with Gasteiger partial charge in [-0.05, 0) is 18.4 Å². The molecule has 1 aliphatic carbocycles. The minimum absolute atomic E-state index is 0.156. The first-order chi connectivity index (χ1) is 17.0. The van der Waals surface area contributed by atoms with Crippen molar-refractivity contribution in [3.63, 3.8) is 0 Å². The SMILES string of the molecule is O=C(CC(=O)NCCCNC(=O)OCc1ccccc1)NCCCNC(=O)OCC1=CC=C[C+]=C1. The first-order valence-electron chi connectivity index (χ1n) is 11.4. The quantitative estimate of drug-likeness (QED) is 0.181. The molecule has 0 bridgehead atoms. The maximum atomic E-state index is 11.8. The second kappa shape index (κ2) is 16.4. The van der Waals surface area contributed by atoms with Crippen molar-refractivity contribution >= 4 is 24.0 Å². The number of amides is 4. The van der Waals surface area contributed by atoms with Crippen LogP contribution in [0.5, 0.6) is 0 Å². The summed E-state index contributed by atoms with van der Waals surface area (Å²) in [6, 6.07) is 9.33. The van der Waals surface area contributed by atoms with Gasteiger partial charge >= 0.3 is 12.2 Å². The van der Waals surface area contributed by atoms with Gasteiger partial charge in [-0.2, -0.15) is 0 Å². The number of allylic oxidation sites excluding steroid dienone is 4. The van der Waals surface area contributed by atoms with E-state index < -0.39 is 24.0 Å². The fraction of sp³-hybridized carbons (Fsp3) is 0.360. The summed E-state index contributed by atoms with van der Waals surface area (Å²) in [4.78, 5) is 46.9. The zero-order valence-corrected chi connectivity index (χ0v) is 19.5. The molecule has 1 aliphatic rings. The predicted molar refractivity (Wildman–Crippen MR) is 129 cm³/mol. The highest BCUT2D eigenvalue weighted by atomic mass is 16.6. The third-order valence-corrected chi connectivity index (χ3v) is 4.57. The van der Waals surface area contributed by atoms with E-state index in [1.165, 1.54) is 0 Å². The molecular formula is C25H31N4O6+. The summed E-state index contributed by atoms with van der Waals surface area (Å²) in [5.41, 5.74) is 1.73. The Kier molecular flexibility index (Phi) is 12.7. The molecule has 10 nitrogen and oxygen atoms in total. The van der Waals surface area contributed by atoms with E-state index in [9.17, 15) is 19.2 Å². The Morgan fingerprint density at radius 1 is 0.743 bits per heavy atom. The van der Waals surface area contributed by atoms with Crippen molar-refractivity contribution in [1.29, 1.82) is 0 Å². The average Bonchev–Trinajstić information content (AvgIpc) is 2.87. The maximum Gasteiger partial charge on any atom is 0.408 e. The second-order valence-electron chi connectivity index (χ2n) is 7.49. The minimum atomic E-state index is -0.543. The van der Waals surface area contributed by atoms with E-state index >= 15 is 0 Å². The molecule has 1 aromatic rings. The number of carbonyl (C=O) groups excluding carboxylic acids is 4. The second-order valence-corrected chi connectivity index (χ2v) is 7.49. The van der Waals surface area contributed by atoms with Crippen LogP contribution in [0.25, 0.3) is 0 Å². The summed E-state index contributed by atoms with van der Waals surface area (Å²) in [5, 5.41) is 10.4. The molecule has 0 spiro atoms. The van der Waals surface area contributed by atoms with Crippen LogP contribution in [0.15, 0.2) is 60.2 Å².